The standard InChI is InChI=1S/C26H33N3O4S/c1-3-33-26(32)23-22(19-9-5-4-6-10-19)18(2)34-24(23)27-21(30)17-28-15-11-20(12-16-28)25(31)29-13-7-8-14-29/h4-6,9-10,20H,3,7-8,11-17H2,1-2H3,(H,27,30). The van der Waals surface area contributed by atoms with Gasteiger partial charge in [-0.3, -0.25) is 14.5 Å². The highest BCUT2D eigenvalue weighted by Crippen LogP contribution is 2.40. The highest BCUT2D eigenvalue weighted by molar-refractivity contribution is 7.17. The maximum Gasteiger partial charge on any atom is 0.341 e. The maximum absolute atomic E-state index is 12.9. The summed E-state index contributed by atoms with van der Waals surface area (Å²) < 4.78 is 5.32. The molecule has 2 aliphatic heterocycles. The molecule has 0 saturated carbocycles. The van der Waals surface area contributed by atoms with Crippen LogP contribution in [0.4, 0.5) is 5.00 Å². The third kappa shape index (κ3) is 5.50. The summed E-state index contributed by atoms with van der Waals surface area (Å²) in [6.07, 6.45) is 3.78. The van der Waals surface area contributed by atoms with E-state index in [1.807, 2.05) is 42.2 Å². The fraction of sp³-hybridized carbons (Fsp3) is 0.500. The van der Waals surface area contributed by atoms with Gasteiger partial charge in [0.2, 0.25) is 11.8 Å². The largest absolute Gasteiger partial charge is 0.462 e. The van der Waals surface area contributed by atoms with Crippen LogP contribution < -0.4 is 5.32 Å². The number of nitrogens with one attached hydrogen (secondary N) is 1. The number of aryl methyl sites for hydroxylation is 1. The molecule has 0 unspecified atom stereocenters. The minimum atomic E-state index is -0.428. The molecule has 2 amide bonds. The second-order valence-corrected chi connectivity index (χ2v) is 10.2. The molecule has 182 valence electrons. The third-order valence-electron chi connectivity index (χ3n) is 6.60. The first-order chi connectivity index (χ1) is 16.5. The number of anilines is 1. The zero-order valence-electron chi connectivity index (χ0n) is 20.0. The minimum absolute atomic E-state index is 0.0706. The molecule has 0 spiro atoms. The quantitative estimate of drug-likeness (QED) is 0.598. The van der Waals surface area contributed by atoms with Crippen LogP contribution in [-0.4, -0.2) is 66.9 Å². The van der Waals surface area contributed by atoms with Crippen molar-refractivity contribution in [3.8, 4) is 11.1 Å². The second-order valence-electron chi connectivity index (χ2n) is 8.95. The van der Waals surface area contributed by atoms with E-state index in [1.54, 1.807) is 6.92 Å². The van der Waals surface area contributed by atoms with Crippen LogP contribution >= 0.6 is 11.3 Å². The Labute approximate surface area is 205 Å². The van der Waals surface area contributed by atoms with Gasteiger partial charge in [-0.05, 0) is 58.2 Å². The number of likely N-dealkylation sites (tertiary alicyclic amines) is 2. The molecule has 1 aromatic heterocycles. The Morgan fingerprint density at radius 2 is 1.74 bits per heavy atom. The van der Waals surface area contributed by atoms with Gasteiger partial charge in [0.25, 0.3) is 0 Å². The summed E-state index contributed by atoms with van der Waals surface area (Å²) >= 11 is 1.40. The maximum atomic E-state index is 12.9. The van der Waals surface area contributed by atoms with Gasteiger partial charge in [0, 0.05) is 29.4 Å². The predicted molar refractivity (Wildman–Crippen MR) is 134 cm³/mol. The first kappa shape index (κ1) is 24.4. The molecule has 8 heteroatoms. The molecule has 4 rings (SSSR count). The van der Waals surface area contributed by atoms with Gasteiger partial charge in [-0.1, -0.05) is 30.3 Å². The van der Waals surface area contributed by atoms with Crippen LogP contribution in [0.2, 0.25) is 0 Å². The molecule has 3 heterocycles. The lowest BCUT2D eigenvalue weighted by atomic mass is 9.95. The molecule has 7 nitrogen and oxygen atoms in total. The summed E-state index contributed by atoms with van der Waals surface area (Å²) in [4.78, 5) is 43.5. The lowest BCUT2D eigenvalue weighted by Crippen LogP contribution is -2.43. The van der Waals surface area contributed by atoms with E-state index in [9.17, 15) is 14.4 Å². The third-order valence-corrected chi connectivity index (χ3v) is 7.62. The molecule has 34 heavy (non-hydrogen) atoms. The van der Waals surface area contributed by atoms with Gasteiger partial charge in [0.1, 0.15) is 10.6 Å². The number of hydrogen-bond donors (Lipinski definition) is 1. The van der Waals surface area contributed by atoms with Gasteiger partial charge in [0.05, 0.1) is 13.2 Å². The number of benzene rings is 1. The van der Waals surface area contributed by atoms with Crippen molar-refractivity contribution in [2.24, 2.45) is 5.92 Å². The lowest BCUT2D eigenvalue weighted by Gasteiger charge is -2.32. The number of carbonyl (C=O) groups is 3. The average Bonchev–Trinajstić information content (AvgIpc) is 3.48. The number of amides is 2. The molecular weight excluding hydrogens is 450 g/mol. The molecule has 2 saturated heterocycles. The molecule has 1 aromatic carbocycles. The van der Waals surface area contributed by atoms with Crippen molar-refractivity contribution in [3.63, 3.8) is 0 Å². The molecule has 2 fully saturated rings. The van der Waals surface area contributed by atoms with Crippen molar-refractivity contribution in [1.29, 1.82) is 0 Å². The number of rotatable bonds is 7. The lowest BCUT2D eigenvalue weighted by molar-refractivity contribution is -0.136. The molecule has 1 N–H and O–H groups in total. The predicted octanol–water partition coefficient (Wildman–Crippen LogP) is 4.17. The van der Waals surface area contributed by atoms with Crippen LogP contribution in [0.1, 0.15) is 47.8 Å². The van der Waals surface area contributed by atoms with E-state index in [0.717, 1.165) is 67.9 Å². The Morgan fingerprint density at radius 1 is 1.06 bits per heavy atom. The van der Waals surface area contributed by atoms with Crippen LogP contribution in [0.3, 0.4) is 0 Å². The number of nitrogens with zero attached hydrogens (tertiary/aromatic N) is 2. The Morgan fingerprint density at radius 3 is 2.38 bits per heavy atom. The highest BCUT2D eigenvalue weighted by Gasteiger charge is 2.31. The summed E-state index contributed by atoms with van der Waals surface area (Å²) in [6.45, 7) is 7.45. The minimum Gasteiger partial charge on any atom is -0.462 e. The van der Waals surface area contributed by atoms with Crippen molar-refractivity contribution in [2.45, 2.75) is 39.5 Å². The Bertz CT molecular complexity index is 1020. The Kier molecular flexibility index (Phi) is 8.00. The van der Waals surface area contributed by atoms with Crippen LogP contribution in [0.15, 0.2) is 30.3 Å². The summed E-state index contributed by atoms with van der Waals surface area (Å²) in [6, 6.07) is 9.70. The van der Waals surface area contributed by atoms with E-state index < -0.39 is 5.97 Å². The summed E-state index contributed by atoms with van der Waals surface area (Å²) in [5, 5.41) is 3.50. The van der Waals surface area contributed by atoms with Gasteiger partial charge >= 0.3 is 5.97 Å². The summed E-state index contributed by atoms with van der Waals surface area (Å²) in [7, 11) is 0. The zero-order valence-corrected chi connectivity index (χ0v) is 20.8. The molecular formula is C26H33N3O4S. The highest BCUT2D eigenvalue weighted by atomic mass is 32.1. The molecule has 0 radical (unpaired) electrons. The van der Waals surface area contributed by atoms with E-state index >= 15 is 0 Å². The first-order valence-electron chi connectivity index (χ1n) is 12.1. The van der Waals surface area contributed by atoms with E-state index in [1.165, 1.54) is 11.3 Å². The smallest absolute Gasteiger partial charge is 0.341 e. The number of thiophene rings is 1. The van der Waals surface area contributed by atoms with Crippen molar-refractivity contribution >= 4 is 34.1 Å². The van der Waals surface area contributed by atoms with Crippen molar-refractivity contribution < 1.29 is 19.1 Å². The van der Waals surface area contributed by atoms with Gasteiger partial charge in [0.15, 0.2) is 0 Å². The van der Waals surface area contributed by atoms with E-state index in [-0.39, 0.29) is 30.9 Å². The van der Waals surface area contributed by atoms with E-state index in [2.05, 4.69) is 10.2 Å². The molecule has 0 aliphatic carbocycles. The van der Waals surface area contributed by atoms with E-state index in [4.69, 9.17) is 4.74 Å². The molecule has 0 atom stereocenters. The Hall–Kier alpha value is -2.71. The van der Waals surface area contributed by atoms with Gasteiger partial charge < -0.3 is 15.0 Å². The zero-order chi connectivity index (χ0) is 24.1. The molecule has 2 aliphatic rings. The van der Waals surface area contributed by atoms with Crippen molar-refractivity contribution in [2.75, 3.05) is 44.6 Å². The number of carbonyl (C=O) groups excluding carboxylic acids is 3. The number of esters is 1. The fourth-order valence-electron chi connectivity index (χ4n) is 4.89. The van der Waals surface area contributed by atoms with E-state index in [0.29, 0.717) is 10.6 Å². The number of piperidine rings is 1. The Balaban J connectivity index is 1.41. The van der Waals surface area contributed by atoms with Gasteiger partial charge in [-0.25, -0.2) is 4.79 Å². The average molecular weight is 484 g/mol. The van der Waals surface area contributed by atoms with Gasteiger partial charge in [-0.2, -0.15) is 0 Å². The van der Waals surface area contributed by atoms with Gasteiger partial charge in [-0.15, -0.1) is 11.3 Å². The monoisotopic (exact) mass is 483 g/mol. The molecule has 2 aromatic rings. The first-order valence-corrected chi connectivity index (χ1v) is 13.0. The SMILES string of the molecule is CCOC(=O)c1c(NC(=O)CN2CCC(C(=O)N3CCCC3)CC2)sc(C)c1-c1ccccc1. The molecule has 0 bridgehead atoms. The summed E-state index contributed by atoms with van der Waals surface area (Å²) in [5.74, 6) is -0.234. The van der Waals surface area contributed by atoms with Crippen LogP contribution in [0.5, 0.6) is 0 Å². The van der Waals surface area contributed by atoms with Crippen LogP contribution in [-0.2, 0) is 14.3 Å². The fourth-order valence-corrected chi connectivity index (χ4v) is 5.97. The van der Waals surface area contributed by atoms with Crippen LogP contribution in [0.25, 0.3) is 11.1 Å². The van der Waals surface area contributed by atoms with Crippen molar-refractivity contribution in [1.82, 2.24) is 9.80 Å². The second kappa shape index (κ2) is 11.1. The normalized spacial score (nSPS) is 17.1. The topological polar surface area (TPSA) is 79.0 Å². The van der Waals surface area contributed by atoms with Crippen LogP contribution in [0, 0.1) is 12.8 Å². The van der Waals surface area contributed by atoms with Crippen molar-refractivity contribution in [3.05, 3.63) is 40.8 Å². The number of ether oxygens (including phenoxy) is 1. The summed E-state index contributed by atoms with van der Waals surface area (Å²) in [5.41, 5.74) is 2.14. The number of hydrogen-bond acceptors (Lipinski definition) is 6.